The summed E-state index contributed by atoms with van der Waals surface area (Å²) in [4.78, 5) is 19.0. The summed E-state index contributed by atoms with van der Waals surface area (Å²) in [5.41, 5.74) is 6.22. The third-order valence-corrected chi connectivity index (χ3v) is 2.31. The van der Waals surface area contributed by atoms with E-state index in [1.165, 1.54) is 6.20 Å². The smallest absolute Gasteiger partial charge is 0.268 e. The molecule has 0 saturated carbocycles. The van der Waals surface area contributed by atoms with E-state index in [9.17, 15) is 4.79 Å². The predicted octanol–water partition coefficient (Wildman–Crippen LogP) is 1.48. The molecule has 0 aliphatic carbocycles. The summed E-state index contributed by atoms with van der Waals surface area (Å²) in [6.45, 7) is 4.18. The van der Waals surface area contributed by atoms with Crippen LogP contribution in [0.4, 0.5) is 0 Å². The minimum Gasteiger partial charge on any atom is -0.364 e. The normalized spacial score (nSPS) is 10.5. The van der Waals surface area contributed by atoms with Crippen molar-refractivity contribution in [3.63, 3.8) is 0 Å². The highest BCUT2D eigenvalue weighted by molar-refractivity contribution is 5.90. The molecule has 0 unspecified atom stereocenters. The molecule has 0 radical (unpaired) electrons. The number of hydrogen-bond donors (Lipinski definition) is 1. The average Bonchev–Trinajstić information content (AvgIpc) is 2.20. The molecule has 0 saturated heterocycles. The van der Waals surface area contributed by atoms with Crippen LogP contribution in [0.1, 0.15) is 48.8 Å². The van der Waals surface area contributed by atoms with E-state index in [0.717, 1.165) is 18.5 Å². The van der Waals surface area contributed by atoms with Gasteiger partial charge < -0.3 is 5.73 Å². The Balaban J connectivity index is 2.98. The lowest BCUT2D eigenvalue weighted by Gasteiger charge is -2.10. The Labute approximate surface area is 83.6 Å². The van der Waals surface area contributed by atoms with Crippen LogP contribution in [0.2, 0.25) is 0 Å². The van der Waals surface area contributed by atoms with Crippen molar-refractivity contribution < 1.29 is 4.79 Å². The van der Waals surface area contributed by atoms with Crippen LogP contribution in [0, 0.1) is 0 Å². The molecule has 0 aliphatic rings. The second-order valence-corrected chi connectivity index (χ2v) is 3.21. The first-order valence-corrected chi connectivity index (χ1v) is 4.80. The minimum atomic E-state index is -0.523. The van der Waals surface area contributed by atoms with E-state index in [2.05, 4.69) is 23.8 Å². The Morgan fingerprint density at radius 3 is 2.57 bits per heavy atom. The fourth-order valence-corrected chi connectivity index (χ4v) is 1.40. The van der Waals surface area contributed by atoms with Gasteiger partial charge in [0.1, 0.15) is 5.69 Å². The molecule has 14 heavy (non-hydrogen) atoms. The van der Waals surface area contributed by atoms with Gasteiger partial charge in [-0.05, 0) is 12.8 Å². The van der Waals surface area contributed by atoms with Crippen molar-refractivity contribution >= 4 is 5.91 Å². The number of nitrogens with two attached hydrogens (primary N) is 1. The molecule has 0 fully saturated rings. The molecule has 1 heterocycles. The molecule has 0 aliphatic heterocycles. The van der Waals surface area contributed by atoms with Crippen molar-refractivity contribution in [2.24, 2.45) is 5.73 Å². The number of hydrogen-bond acceptors (Lipinski definition) is 3. The highest BCUT2D eigenvalue weighted by Gasteiger charge is 2.11. The van der Waals surface area contributed by atoms with Gasteiger partial charge >= 0.3 is 0 Å². The quantitative estimate of drug-likeness (QED) is 0.787. The summed E-state index contributed by atoms with van der Waals surface area (Å²) in [5.74, 6) is -0.160. The summed E-state index contributed by atoms with van der Waals surface area (Å²) in [5, 5.41) is 0. The Morgan fingerprint density at radius 1 is 1.43 bits per heavy atom. The maximum absolute atomic E-state index is 10.9. The number of rotatable bonds is 4. The largest absolute Gasteiger partial charge is 0.364 e. The average molecular weight is 193 g/mol. The molecule has 76 valence electrons. The van der Waals surface area contributed by atoms with Crippen LogP contribution in [0.15, 0.2) is 12.4 Å². The second kappa shape index (κ2) is 4.69. The van der Waals surface area contributed by atoms with Gasteiger partial charge in [0.25, 0.3) is 5.91 Å². The van der Waals surface area contributed by atoms with Crippen molar-refractivity contribution in [3.8, 4) is 0 Å². The van der Waals surface area contributed by atoms with Crippen LogP contribution in [0.5, 0.6) is 0 Å². The molecule has 1 aromatic heterocycles. The van der Waals surface area contributed by atoms with E-state index in [0.29, 0.717) is 5.92 Å². The summed E-state index contributed by atoms with van der Waals surface area (Å²) >= 11 is 0. The monoisotopic (exact) mass is 193 g/mol. The van der Waals surface area contributed by atoms with E-state index in [-0.39, 0.29) is 5.69 Å². The Bertz CT molecular complexity index is 321. The summed E-state index contributed by atoms with van der Waals surface area (Å²) < 4.78 is 0. The Kier molecular flexibility index (Phi) is 3.56. The van der Waals surface area contributed by atoms with Crippen molar-refractivity contribution in [1.82, 2.24) is 9.97 Å². The summed E-state index contributed by atoms with van der Waals surface area (Å²) in [7, 11) is 0. The molecule has 4 nitrogen and oxygen atoms in total. The molecule has 4 heteroatoms. The number of aromatic nitrogens is 2. The highest BCUT2D eigenvalue weighted by atomic mass is 16.1. The number of primary amides is 1. The molecule has 0 aromatic carbocycles. The number of carbonyl (C=O) groups is 1. The zero-order valence-electron chi connectivity index (χ0n) is 8.53. The van der Waals surface area contributed by atoms with Gasteiger partial charge in [-0.3, -0.25) is 9.78 Å². The van der Waals surface area contributed by atoms with Gasteiger partial charge in [-0.2, -0.15) is 0 Å². The van der Waals surface area contributed by atoms with Gasteiger partial charge in [0.15, 0.2) is 0 Å². The van der Waals surface area contributed by atoms with Gasteiger partial charge in [-0.15, -0.1) is 0 Å². The van der Waals surface area contributed by atoms with Crippen molar-refractivity contribution in [2.45, 2.75) is 32.6 Å². The van der Waals surface area contributed by atoms with E-state index >= 15 is 0 Å². The number of nitrogens with zero attached hydrogens (tertiary/aromatic N) is 2. The fourth-order valence-electron chi connectivity index (χ4n) is 1.40. The molecule has 2 N–H and O–H groups in total. The number of amides is 1. The minimum absolute atomic E-state index is 0.245. The zero-order valence-corrected chi connectivity index (χ0v) is 8.53. The van der Waals surface area contributed by atoms with Gasteiger partial charge in [0, 0.05) is 12.1 Å². The van der Waals surface area contributed by atoms with Crippen molar-refractivity contribution in [2.75, 3.05) is 0 Å². The zero-order chi connectivity index (χ0) is 10.6. The lowest BCUT2D eigenvalue weighted by atomic mass is 10.00. The molecule has 0 spiro atoms. The first-order chi connectivity index (χ1) is 6.69. The molecular formula is C10H15N3O. The van der Waals surface area contributed by atoms with Crippen LogP contribution < -0.4 is 5.73 Å². The SMILES string of the molecule is CCC(CC)c1cncc(C(N)=O)n1. The lowest BCUT2D eigenvalue weighted by molar-refractivity contribution is 0.0995. The van der Waals surface area contributed by atoms with E-state index in [1.54, 1.807) is 6.20 Å². The summed E-state index contributed by atoms with van der Waals surface area (Å²) in [6.07, 6.45) is 5.08. The first-order valence-electron chi connectivity index (χ1n) is 4.80. The van der Waals surface area contributed by atoms with Crippen LogP contribution in [-0.2, 0) is 0 Å². The van der Waals surface area contributed by atoms with Crippen LogP contribution in [0.3, 0.4) is 0 Å². The first kappa shape index (κ1) is 10.6. The van der Waals surface area contributed by atoms with Crippen molar-refractivity contribution in [3.05, 3.63) is 23.8 Å². The second-order valence-electron chi connectivity index (χ2n) is 3.21. The van der Waals surface area contributed by atoms with Gasteiger partial charge in [0.05, 0.1) is 11.9 Å². The highest BCUT2D eigenvalue weighted by Crippen LogP contribution is 2.19. The maximum atomic E-state index is 10.9. The maximum Gasteiger partial charge on any atom is 0.268 e. The third-order valence-electron chi connectivity index (χ3n) is 2.31. The summed E-state index contributed by atoms with van der Waals surface area (Å²) in [6, 6.07) is 0. The number of carbonyl (C=O) groups excluding carboxylic acids is 1. The Morgan fingerprint density at radius 2 is 2.07 bits per heavy atom. The van der Waals surface area contributed by atoms with Gasteiger partial charge in [0.2, 0.25) is 0 Å². The van der Waals surface area contributed by atoms with E-state index in [1.807, 2.05) is 0 Å². The molecular weight excluding hydrogens is 178 g/mol. The molecule has 1 amide bonds. The van der Waals surface area contributed by atoms with Crippen LogP contribution in [0.25, 0.3) is 0 Å². The Hall–Kier alpha value is -1.45. The van der Waals surface area contributed by atoms with Crippen LogP contribution in [-0.4, -0.2) is 15.9 Å². The predicted molar refractivity (Wildman–Crippen MR) is 53.9 cm³/mol. The van der Waals surface area contributed by atoms with E-state index in [4.69, 9.17) is 5.73 Å². The van der Waals surface area contributed by atoms with Gasteiger partial charge in [-0.25, -0.2) is 4.98 Å². The fraction of sp³-hybridized carbons (Fsp3) is 0.500. The standard InChI is InChI=1S/C10H15N3O/c1-3-7(4-2)8-5-12-6-9(13-8)10(11)14/h5-7H,3-4H2,1-2H3,(H2,11,14). The van der Waals surface area contributed by atoms with E-state index < -0.39 is 5.91 Å². The van der Waals surface area contributed by atoms with Crippen LogP contribution >= 0.6 is 0 Å². The van der Waals surface area contributed by atoms with Crippen molar-refractivity contribution in [1.29, 1.82) is 0 Å². The molecule has 0 atom stereocenters. The third kappa shape index (κ3) is 2.28. The lowest BCUT2D eigenvalue weighted by Crippen LogP contribution is -2.15. The molecule has 1 rings (SSSR count). The topological polar surface area (TPSA) is 68.9 Å². The van der Waals surface area contributed by atoms with Gasteiger partial charge in [-0.1, -0.05) is 13.8 Å². The molecule has 1 aromatic rings. The molecule has 0 bridgehead atoms.